The molecule has 0 aromatic heterocycles. The van der Waals surface area contributed by atoms with Crippen LogP contribution >= 0.6 is 0 Å². The molecular weight excluding hydrogens is 236 g/mol. The van der Waals surface area contributed by atoms with Gasteiger partial charge in [-0.05, 0) is 18.8 Å². The fraction of sp³-hybridized carbons (Fsp3) is 1.00. The number of hydrogen-bond acceptors (Lipinski definition) is 2. The van der Waals surface area contributed by atoms with Gasteiger partial charge in [-0.25, -0.2) is 0 Å². The standard InChI is InChI=1S/C17H36O2/c1-2-3-9-12-17(14-16-19)13-10-7-5-4-6-8-11-15-18/h17-19H,2-16H2,1H3. The third kappa shape index (κ3) is 14.1. The molecular formula is C17H36O2. The Kier molecular flexibility index (Phi) is 15.9. The molecule has 1 atom stereocenters. The molecule has 0 fully saturated rings. The van der Waals surface area contributed by atoms with Gasteiger partial charge in [0.05, 0.1) is 0 Å². The van der Waals surface area contributed by atoms with Crippen molar-refractivity contribution in [3.63, 3.8) is 0 Å². The first kappa shape index (κ1) is 18.9. The molecule has 0 aliphatic carbocycles. The molecule has 19 heavy (non-hydrogen) atoms. The molecule has 0 saturated heterocycles. The van der Waals surface area contributed by atoms with E-state index in [1.807, 2.05) is 0 Å². The smallest absolute Gasteiger partial charge is 0.0433 e. The normalized spacial score (nSPS) is 12.8. The zero-order chi connectivity index (χ0) is 14.2. The van der Waals surface area contributed by atoms with Crippen molar-refractivity contribution in [2.75, 3.05) is 13.2 Å². The molecule has 2 N–H and O–H groups in total. The van der Waals surface area contributed by atoms with Crippen molar-refractivity contribution in [2.24, 2.45) is 5.92 Å². The van der Waals surface area contributed by atoms with E-state index in [1.165, 1.54) is 70.6 Å². The maximum Gasteiger partial charge on any atom is 0.0433 e. The lowest BCUT2D eigenvalue weighted by molar-refractivity contribution is 0.241. The molecule has 1 unspecified atom stereocenters. The van der Waals surface area contributed by atoms with Crippen LogP contribution in [-0.4, -0.2) is 23.4 Å². The monoisotopic (exact) mass is 272 g/mol. The van der Waals surface area contributed by atoms with Crippen molar-refractivity contribution < 1.29 is 10.2 Å². The average molecular weight is 272 g/mol. The Bertz CT molecular complexity index is 159. The summed E-state index contributed by atoms with van der Waals surface area (Å²) in [5, 5.41) is 17.8. The first-order valence-corrected chi connectivity index (χ1v) is 8.56. The summed E-state index contributed by atoms with van der Waals surface area (Å²) in [6.45, 7) is 2.95. The van der Waals surface area contributed by atoms with Crippen LogP contribution in [0.1, 0.15) is 90.4 Å². The predicted molar refractivity (Wildman–Crippen MR) is 83.4 cm³/mol. The summed E-state index contributed by atoms with van der Waals surface area (Å²) in [5.74, 6) is 0.755. The zero-order valence-electron chi connectivity index (χ0n) is 13.1. The van der Waals surface area contributed by atoms with Gasteiger partial charge in [-0.15, -0.1) is 0 Å². The second-order valence-corrected chi connectivity index (χ2v) is 5.86. The second-order valence-electron chi connectivity index (χ2n) is 5.86. The minimum atomic E-state index is 0.348. The van der Waals surface area contributed by atoms with Gasteiger partial charge >= 0.3 is 0 Å². The van der Waals surface area contributed by atoms with E-state index < -0.39 is 0 Å². The Morgan fingerprint density at radius 1 is 0.579 bits per heavy atom. The fourth-order valence-electron chi connectivity index (χ4n) is 2.73. The van der Waals surface area contributed by atoms with Crippen molar-refractivity contribution in [3.05, 3.63) is 0 Å². The highest BCUT2D eigenvalue weighted by Crippen LogP contribution is 2.21. The first-order valence-electron chi connectivity index (χ1n) is 8.56. The molecule has 0 heterocycles. The number of aliphatic hydroxyl groups excluding tert-OH is 2. The molecule has 0 spiro atoms. The van der Waals surface area contributed by atoms with Gasteiger partial charge in [-0.3, -0.25) is 0 Å². The second kappa shape index (κ2) is 16.0. The van der Waals surface area contributed by atoms with Crippen LogP contribution in [0.3, 0.4) is 0 Å². The third-order valence-corrected chi connectivity index (χ3v) is 4.02. The van der Waals surface area contributed by atoms with Crippen LogP contribution in [0.4, 0.5) is 0 Å². The Balaban J connectivity index is 3.36. The number of hydrogen-bond donors (Lipinski definition) is 2. The van der Waals surface area contributed by atoms with Crippen molar-refractivity contribution in [1.82, 2.24) is 0 Å². The van der Waals surface area contributed by atoms with E-state index in [4.69, 9.17) is 10.2 Å². The van der Waals surface area contributed by atoms with Gasteiger partial charge in [0.25, 0.3) is 0 Å². The number of unbranched alkanes of at least 4 members (excludes halogenated alkanes) is 8. The largest absolute Gasteiger partial charge is 0.396 e. The molecule has 0 saturated carbocycles. The van der Waals surface area contributed by atoms with E-state index in [-0.39, 0.29) is 0 Å². The Hall–Kier alpha value is -0.0800. The van der Waals surface area contributed by atoms with Gasteiger partial charge in [0.1, 0.15) is 0 Å². The molecule has 0 aromatic rings. The molecule has 0 rings (SSSR count). The van der Waals surface area contributed by atoms with Gasteiger partial charge in [-0.2, -0.15) is 0 Å². The predicted octanol–water partition coefficient (Wildman–Crippen LogP) is 4.68. The molecule has 0 amide bonds. The molecule has 2 nitrogen and oxygen atoms in total. The maximum atomic E-state index is 9.10. The highest BCUT2D eigenvalue weighted by molar-refractivity contribution is 4.60. The summed E-state index contributed by atoms with van der Waals surface area (Å²) in [4.78, 5) is 0. The van der Waals surface area contributed by atoms with Gasteiger partial charge in [0.2, 0.25) is 0 Å². The lowest BCUT2D eigenvalue weighted by Gasteiger charge is -2.15. The van der Waals surface area contributed by atoms with Crippen LogP contribution in [0, 0.1) is 5.92 Å². The minimum absolute atomic E-state index is 0.348. The van der Waals surface area contributed by atoms with Crippen molar-refractivity contribution in [2.45, 2.75) is 90.4 Å². The fourth-order valence-corrected chi connectivity index (χ4v) is 2.73. The molecule has 0 bridgehead atoms. The maximum absolute atomic E-state index is 9.10. The molecule has 0 aliphatic heterocycles. The van der Waals surface area contributed by atoms with Crippen LogP contribution < -0.4 is 0 Å². The average Bonchev–Trinajstić information content (AvgIpc) is 2.42. The van der Waals surface area contributed by atoms with Crippen LogP contribution in [-0.2, 0) is 0 Å². The number of aliphatic hydroxyl groups is 2. The summed E-state index contributed by atoms with van der Waals surface area (Å²) in [5.41, 5.74) is 0. The number of rotatable bonds is 15. The van der Waals surface area contributed by atoms with Crippen molar-refractivity contribution in [3.8, 4) is 0 Å². The van der Waals surface area contributed by atoms with E-state index in [9.17, 15) is 0 Å². The Labute approximate surface area is 120 Å². The SMILES string of the molecule is CCCCCC(CCO)CCCCCCCCCO. The van der Waals surface area contributed by atoms with Crippen molar-refractivity contribution in [1.29, 1.82) is 0 Å². The summed E-state index contributed by atoms with van der Waals surface area (Å²) >= 11 is 0. The van der Waals surface area contributed by atoms with E-state index >= 15 is 0 Å². The van der Waals surface area contributed by atoms with Gasteiger partial charge in [0, 0.05) is 13.2 Å². The van der Waals surface area contributed by atoms with Gasteiger partial charge in [-0.1, -0.05) is 77.6 Å². The van der Waals surface area contributed by atoms with E-state index in [0.717, 1.165) is 18.8 Å². The molecule has 116 valence electrons. The van der Waals surface area contributed by atoms with E-state index in [2.05, 4.69) is 6.92 Å². The van der Waals surface area contributed by atoms with E-state index in [1.54, 1.807) is 0 Å². The molecule has 2 heteroatoms. The van der Waals surface area contributed by atoms with Crippen LogP contribution in [0.5, 0.6) is 0 Å². The third-order valence-electron chi connectivity index (χ3n) is 4.02. The highest BCUT2D eigenvalue weighted by Gasteiger charge is 2.07. The van der Waals surface area contributed by atoms with Gasteiger partial charge in [0.15, 0.2) is 0 Å². The van der Waals surface area contributed by atoms with Crippen molar-refractivity contribution >= 4 is 0 Å². The van der Waals surface area contributed by atoms with Gasteiger partial charge < -0.3 is 10.2 Å². The summed E-state index contributed by atoms with van der Waals surface area (Å²) < 4.78 is 0. The lowest BCUT2D eigenvalue weighted by atomic mass is 9.92. The molecule has 0 radical (unpaired) electrons. The van der Waals surface area contributed by atoms with E-state index in [0.29, 0.717) is 13.2 Å². The lowest BCUT2D eigenvalue weighted by Crippen LogP contribution is -2.03. The van der Waals surface area contributed by atoms with Crippen LogP contribution in [0.2, 0.25) is 0 Å². The summed E-state index contributed by atoms with van der Waals surface area (Å²) in [7, 11) is 0. The Morgan fingerprint density at radius 2 is 1.11 bits per heavy atom. The Morgan fingerprint density at radius 3 is 1.63 bits per heavy atom. The van der Waals surface area contributed by atoms with Crippen LogP contribution in [0.25, 0.3) is 0 Å². The zero-order valence-corrected chi connectivity index (χ0v) is 13.1. The first-order chi connectivity index (χ1) is 9.35. The molecule has 0 aromatic carbocycles. The quantitative estimate of drug-likeness (QED) is 0.425. The summed E-state index contributed by atoms with van der Waals surface area (Å²) in [6, 6.07) is 0. The molecule has 0 aliphatic rings. The topological polar surface area (TPSA) is 40.5 Å². The van der Waals surface area contributed by atoms with Crippen LogP contribution in [0.15, 0.2) is 0 Å². The minimum Gasteiger partial charge on any atom is -0.396 e. The highest BCUT2D eigenvalue weighted by atomic mass is 16.3. The summed E-state index contributed by atoms with van der Waals surface area (Å²) in [6.07, 6.45) is 16.3.